The molecule has 21 heavy (non-hydrogen) atoms. The third-order valence-electron chi connectivity index (χ3n) is 3.02. The van der Waals surface area contributed by atoms with Gasteiger partial charge in [-0.05, 0) is 36.2 Å². The van der Waals surface area contributed by atoms with Crippen LogP contribution >= 0.6 is 0 Å². The largest absolute Gasteiger partial charge is 0.396 e. The number of sulfonamides is 1. The summed E-state index contributed by atoms with van der Waals surface area (Å²) >= 11 is 0. The van der Waals surface area contributed by atoms with E-state index in [1.807, 2.05) is 0 Å². The average molecular weight is 308 g/mol. The van der Waals surface area contributed by atoms with Crippen LogP contribution in [0.25, 0.3) is 0 Å². The van der Waals surface area contributed by atoms with Crippen molar-refractivity contribution in [3.8, 4) is 0 Å². The molecule has 0 aromatic heterocycles. The molecular formula is C15H17FN2O2S. The van der Waals surface area contributed by atoms with E-state index in [2.05, 4.69) is 11.6 Å². The van der Waals surface area contributed by atoms with Crippen LogP contribution in [0.3, 0.4) is 0 Å². The Morgan fingerprint density at radius 3 is 2.38 bits per heavy atom. The normalized spacial score (nSPS) is 11.3. The Morgan fingerprint density at radius 1 is 1.14 bits per heavy atom. The van der Waals surface area contributed by atoms with Gasteiger partial charge in [-0.2, -0.15) is 0 Å². The van der Waals surface area contributed by atoms with Crippen molar-refractivity contribution in [2.24, 2.45) is 0 Å². The zero-order valence-corrected chi connectivity index (χ0v) is 12.5. The van der Waals surface area contributed by atoms with Gasteiger partial charge in [0.2, 0.25) is 0 Å². The van der Waals surface area contributed by atoms with Crippen molar-refractivity contribution >= 4 is 21.4 Å². The Hall–Kier alpha value is -2.08. The molecule has 0 spiro atoms. The molecule has 0 amide bonds. The molecule has 0 unspecified atom stereocenters. The summed E-state index contributed by atoms with van der Waals surface area (Å²) in [6.07, 6.45) is 1.89. The Balaban J connectivity index is 2.23. The minimum atomic E-state index is -3.73. The van der Waals surface area contributed by atoms with E-state index in [1.54, 1.807) is 24.3 Å². The van der Waals surface area contributed by atoms with Gasteiger partial charge in [0.25, 0.3) is 10.0 Å². The molecule has 3 N–H and O–H groups in total. The summed E-state index contributed by atoms with van der Waals surface area (Å²) in [6, 6.07) is 10.4. The van der Waals surface area contributed by atoms with Gasteiger partial charge in [0.05, 0.1) is 16.3 Å². The zero-order valence-electron chi connectivity index (χ0n) is 11.6. The van der Waals surface area contributed by atoms with Gasteiger partial charge in [-0.3, -0.25) is 4.72 Å². The molecule has 0 fully saturated rings. The quantitative estimate of drug-likeness (QED) is 0.833. The van der Waals surface area contributed by atoms with E-state index in [0.29, 0.717) is 0 Å². The van der Waals surface area contributed by atoms with E-state index >= 15 is 0 Å². The first-order chi connectivity index (χ1) is 9.92. The standard InChI is InChI=1S/C15H17FN2O2S/c1-2-3-11-4-7-13(8-5-11)21(19,20)18-12-6-9-15(17)14(16)10-12/h4-10,18H,2-3,17H2,1H3. The molecule has 0 aliphatic carbocycles. The van der Waals surface area contributed by atoms with Crippen molar-refractivity contribution in [1.29, 1.82) is 0 Å². The molecule has 0 bridgehead atoms. The van der Waals surface area contributed by atoms with Gasteiger partial charge in [-0.25, -0.2) is 12.8 Å². The fraction of sp³-hybridized carbons (Fsp3) is 0.200. The molecule has 112 valence electrons. The molecule has 0 saturated carbocycles. The molecule has 0 heterocycles. The van der Waals surface area contributed by atoms with E-state index < -0.39 is 15.8 Å². The summed E-state index contributed by atoms with van der Waals surface area (Å²) in [5.41, 5.74) is 6.55. The minimum absolute atomic E-state index is 0.0260. The maximum atomic E-state index is 13.3. The first-order valence-corrected chi connectivity index (χ1v) is 8.07. The first-order valence-electron chi connectivity index (χ1n) is 6.59. The van der Waals surface area contributed by atoms with E-state index in [-0.39, 0.29) is 16.3 Å². The maximum absolute atomic E-state index is 13.3. The van der Waals surface area contributed by atoms with Gasteiger partial charge in [0, 0.05) is 6.07 Å². The molecule has 2 rings (SSSR count). The predicted molar refractivity (Wildman–Crippen MR) is 82.1 cm³/mol. The highest BCUT2D eigenvalue weighted by atomic mass is 32.2. The summed E-state index contributed by atoms with van der Waals surface area (Å²) in [5.74, 6) is -0.659. The summed E-state index contributed by atoms with van der Waals surface area (Å²) in [7, 11) is -3.73. The summed E-state index contributed by atoms with van der Waals surface area (Å²) in [4.78, 5) is 0.139. The summed E-state index contributed by atoms with van der Waals surface area (Å²) in [6.45, 7) is 2.06. The van der Waals surface area contributed by atoms with Gasteiger partial charge in [0.15, 0.2) is 0 Å². The molecule has 0 radical (unpaired) electrons. The Morgan fingerprint density at radius 2 is 1.81 bits per heavy atom. The second-order valence-electron chi connectivity index (χ2n) is 4.74. The van der Waals surface area contributed by atoms with Crippen molar-refractivity contribution in [2.75, 3.05) is 10.5 Å². The number of nitrogens with one attached hydrogen (secondary N) is 1. The number of halogens is 1. The second-order valence-corrected chi connectivity index (χ2v) is 6.42. The number of rotatable bonds is 5. The number of anilines is 2. The van der Waals surface area contributed by atoms with Crippen molar-refractivity contribution in [3.05, 3.63) is 53.8 Å². The predicted octanol–water partition coefficient (Wildman–Crippen LogP) is 3.16. The third kappa shape index (κ3) is 3.72. The molecular weight excluding hydrogens is 291 g/mol. The van der Waals surface area contributed by atoms with E-state index in [0.717, 1.165) is 24.5 Å². The number of nitrogen functional groups attached to an aromatic ring is 1. The topological polar surface area (TPSA) is 72.2 Å². The van der Waals surface area contributed by atoms with Gasteiger partial charge in [0.1, 0.15) is 5.82 Å². The molecule has 0 aliphatic rings. The van der Waals surface area contributed by atoms with Crippen LogP contribution in [0.4, 0.5) is 15.8 Å². The van der Waals surface area contributed by atoms with Gasteiger partial charge >= 0.3 is 0 Å². The molecule has 6 heteroatoms. The maximum Gasteiger partial charge on any atom is 0.261 e. The van der Waals surface area contributed by atoms with Crippen LogP contribution in [-0.4, -0.2) is 8.42 Å². The lowest BCUT2D eigenvalue weighted by Crippen LogP contribution is -2.13. The molecule has 0 atom stereocenters. The van der Waals surface area contributed by atoms with Crippen molar-refractivity contribution in [1.82, 2.24) is 0 Å². The SMILES string of the molecule is CCCc1ccc(S(=O)(=O)Nc2ccc(N)c(F)c2)cc1. The average Bonchev–Trinajstić information content (AvgIpc) is 2.44. The molecule has 2 aromatic carbocycles. The fourth-order valence-corrected chi connectivity index (χ4v) is 2.98. The highest BCUT2D eigenvalue weighted by molar-refractivity contribution is 7.92. The van der Waals surface area contributed by atoms with Crippen LogP contribution in [0.1, 0.15) is 18.9 Å². The zero-order chi connectivity index (χ0) is 15.5. The van der Waals surface area contributed by atoms with Gasteiger partial charge in [-0.15, -0.1) is 0 Å². The van der Waals surface area contributed by atoms with Crippen LogP contribution < -0.4 is 10.5 Å². The van der Waals surface area contributed by atoms with E-state index in [9.17, 15) is 12.8 Å². The number of aryl methyl sites for hydroxylation is 1. The Kier molecular flexibility index (Phi) is 4.47. The number of hydrogen-bond donors (Lipinski definition) is 2. The summed E-state index contributed by atoms with van der Waals surface area (Å²) in [5, 5.41) is 0. The highest BCUT2D eigenvalue weighted by Crippen LogP contribution is 2.20. The lowest BCUT2D eigenvalue weighted by molar-refractivity contribution is 0.601. The second kappa shape index (κ2) is 6.13. The number of nitrogens with two attached hydrogens (primary N) is 1. The molecule has 0 aliphatic heterocycles. The number of hydrogen-bond acceptors (Lipinski definition) is 3. The fourth-order valence-electron chi connectivity index (χ4n) is 1.93. The first kappa shape index (κ1) is 15.3. The Bertz CT molecular complexity index is 728. The van der Waals surface area contributed by atoms with E-state index in [4.69, 9.17) is 5.73 Å². The van der Waals surface area contributed by atoms with E-state index in [1.165, 1.54) is 12.1 Å². The molecule has 0 saturated heterocycles. The van der Waals surface area contributed by atoms with Crippen molar-refractivity contribution in [3.63, 3.8) is 0 Å². The van der Waals surface area contributed by atoms with Crippen LogP contribution in [-0.2, 0) is 16.4 Å². The van der Waals surface area contributed by atoms with Crippen LogP contribution in [0, 0.1) is 5.82 Å². The lowest BCUT2D eigenvalue weighted by atomic mass is 10.1. The van der Waals surface area contributed by atoms with Crippen LogP contribution in [0.15, 0.2) is 47.4 Å². The van der Waals surface area contributed by atoms with Gasteiger partial charge < -0.3 is 5.73 Å². The van der Waals surface area contributed by atoms with Crippen LogP contribution in [0.5, 0.6) is 0 Å². The highest BCUT2D eigenvalue weighted by Gasteiger charge is 2.14. The molecule has 4 nitrogen and oxygen atoms in total. The Labute approximate surface area is 123 Å². The monoisotopic (exact) mass is 308 g/mol. The van der Waals surface area contributed by atoms with Crippen molar-refractivity contribution < 1.29 is 12.8 Å². The molecule has 2 aromatic rings. The lowest BCUT2D eigenvalue weighted by Gasteiger charge is -2.09. The number of benzene rings is 2. The van der Waals surface area contributed by atoms with Crippen molar-refractivity contribution in [2.45, 2.75) is 24.7 Å². The van der Waals surface area contributed by atoms with Crippen LogP contribution in [0.2, 0.25) is 0 Å². The summed E-state index contributed by atoms with van der Waals surface area (Å²) < 4.78 is 40.1. The smallest absolute Gasteiger partial charge is 0.261 e. The third-order valence-corrected chi connectivity index (χ3v) is 4.42. The minimum Gasteiger partial charge on any atom is -0.396 e. The van der Waals surface area contributed by atoms with Gasteiger partial charge in [-0.1, -0.05) is 25.5 Å².